The van der Waals surface area contributed by atoms with Gasteiger partial charge in [0.25, 0.3) is 0 Å². The quantitative estimate of drug-likeness (QED) is 0.626. The van der Waals surface area contributed by atoms with E-state index in [-0.39, 0.29) is 19.1 Å². The van der Waals surface area contributed by atoms with E-state index >= 15 is 0 Å². The minimum Gasteiger partial charge on any atom is -0.491 e. The number of para-hydroxylation sites is 1. The van der Waals surface area contributed by atoms with E-state index in [0.29, 0.717) is 17.1 Å². The van der Waals surface area contributed by atoms with Gasteiger partial charge >= 0.3 is 0 Å². The maximum atomic E-state index is 12.7. The number of hydrogen-bond acceptors (Lipinski definition) is 4. The van der Waals surface area contributed by atoms with E-state index in [1.807, 2.05) is 31.2 Å². The largest absolute Gasteiger partial charge is 0.491 e. The summed E-state index contributed by atoms with van der Waals surface area (Å²) in [6, 6.07) is 13.2. The second-order valence-electron chi connectivity index (χ2n) is 6.37. The highest BCUT2D eigenvalue weighted by Crippen LogP contribution is 2.25. The fourth-order valence-corrected chi connectivity index (χ4v) is 4.23. The number of aryl methyl sites for hydroxylation is 1. The lowest BCUT2D eigenvalue weighted by Gasteiger charge is -2.30. The minimum atomic E-state index is -3.69. The Hall–Kier alpha value is -2.25. The number of sulfonamides is 1. The van der Waals surface area contributed by atoms with E-state index in [4.69, 9.17) is 16.3 Å². The lowest BCUT2D eigenvalue weighted by atomic mass is 10.2. The first-order chi connectivity index (χ1) is 13.2. The summed E-state index contributed by atoms with van der Waals surface area (Å²) in [6.07, 6.45) is 1.38. The first-order valence-corrected chi connectivity index (χ1v) is 11.2. The molecule has 2 rings (SSSR count). The SMILES string of the molecule is CC[C@H](C(=O)NCCOc1ccccc1C)N(c1cccc(Cl)c1)S(C)(=O)=O. The zero-order chi connectivity index (χ0) is 20.7. The van der Waals surface area contributed by atoms with Gasteiger partial charge in [-0.25, -0.2) is 8.42 Å². The molecular weight excluding hydrogens is 400 g/mol. The van der Waals surface area contributed by atoms with E-state index in [9.17, 15) is 13.2 Å². The lowest BCUT2D eigenvalue weighted by molar-refractivity contribution is -0.122. The molecule has 0 aliphatic rings. The van der Waals surface area contributed by atoms with Crippen molar-refractivity contribution in [3.63, 3.8) is 0 Å². The predicted molar refractivity (Wildman–Crippen MR) is 113 cm³/mol. The van der Waals surface area contributed by atoms with Gasteiger partial charge in [0.1, 0.15) is 18.4 Å². The number of nitrogens with one attached hydrogen (secondary N) is 1. The third kappa shape index (κ3) is 5.87. The molecule has 0 aliphatic heterocycles. The van der Waals surface area contributed by atoms with Gasteiger partial charge in [-0.3, -0.25) is 9.10 Å². The highest BCUT2D eigenvalue weighted by molar-refractivity contribution is 7.92. The molecule has 0 spiro atoms. The zero-order valence-electron chi connectivity index (χ0n) is 16.2. The summed E-state index contributed by atoms with van der Waals surface area (Å²) in [4.78, 5) is 12.7. The predicted octanol–water partition coefficient (Wildman–Crippen LogP) is 3.39. The van der Waals surface area contributed by atoms with Crippen LogP contribution in [0.5, 0.6) is 5.75 Å². The highest BCUT2D eigenvalue weighted by Gasteiger charge is 2.31. The average molecular weight is 425 g/mol. The van der Waals surface area contributed by atoms with Crippen LogP contribution in [0, 0.1) is 6.92 Å². The Labute approximate surface area is 171 Å². The van der Waals surface area contributed by atoms with Gasteiger partial charge in [0.15, 0.2) is 0 Å². The fourth-order valence-electron chi connectivity index (χ4n) is 2.84. The van der Waals surface area contributed by atoms with Gasteiger partial charge in [0.2, 0.25) is 15.9 Å². The Morgan fingerprint density at radius 2 is 1.93 bits per heavy atom. The highest BCUT2D eigenvalue weighted by atomic mass is 35.5. The average Bonchev–Trinajstić information content (AvgIpc) is 2.63. The van der Waals surface area contributed by atoms with Crippen molar-refractivity contribution in [1.29, 1.82) is 0 Å². The number of ether oxygens (including phenoxy) is 1. The molecule has 28 heavy (non-hydrogen) atoms. The van der Waals surface area contributed by atoms with Crippen molar-refractivity contribution in [3.8, 4) is 5.75 Å². The summed E-state index contributed by atoms with van der Waals surface area (Å²) in [5.41, 5.74) is 1.36. The summed E-state index contributed by atoms with van der Waals surface area (Å²) in [5, 5.41) is 3.15. The van der Waals surface area contributed by atoms with E-state index in [0.717, 1.165) is 21.9 Å². The minimum absolute atomic E-state index is 0.261. The van der Waals surface area contributed by atoms with Crippen LogP contribution in [-0.2, 0) is 14.8 Å². The van der Waals surface area contributed by atoms with Crippen LogP contribution in [0.15, 0.2) is 48.5 Å². The maximum absolute atomic E-state index is 12.7. The number of benzene rings is 2. The molecule has 0 fully saturated rings. The van der Waals surface area contributed by atoms with Crippen LogP contribution in [-0.4, -0.2) is 39.8 Å². The Balaban J connectivity index is 2.06. The van der Waals surface area contributed by atoms with Gasteiger partial charge in [0, 0.05) is 5.02 Å². The monoisotopic (exact) mass is 424 g/mol. The van der Waals surface area contributed by atoms with Crippen LogP contribution in [0.1, 0.15) is 18.9 Å². The topological polar surface area (TPSA) is 75.7 Å². The first kappa shape index (κ1) is 22.0. The Kier molecular flexibility index (Phi) is 7.71. The molecule has 1 atom stereocenters. The summed E-state index contributed by atoms with van der Waals surface area (Å²) >= 11 is 6.00. The molecule has 0 aromatic heterocycles. The molecule has 1 amide bonds. The summed E-state index contributed by atoms with van der Waals surface area (Å²) in [7, 11) is -3.69. The number of hydrogen-bond donors (Lipinski definition) is 1. The van der Waals surface area contributed by atoms with Gasteiger partial charge in [-0.15, -0.1) is 0 Å². The van der Waals surface area contributed by atoms with Crippen LogP contribution >= 0.6 is 11.6 Å². The molecule has 152 valence electrons. The molecule has 1 N–H and O–H groups in total. The normalized spacial score (nSPS) is 12.3. The number of amides is 1. The molecular formula is C20H25ClN2O4S. The van der Waals surface area contributed by atoms with Crippen LogP contribution in [0.2, 0.25) is 5.02 Å². The number of halogens is 1. The smallest absolute Gasteiger partial charge is 0.244 e. The summed E-state index contributed by atoms with van der Waals surface area (Å²) in [5.74, 6) is 0.363. The van der Waals surface area contributed by atoms with Gasteiger partial charge in [0.05, 0.1) is 18.5 Å². The summed E-state index contributed by atoms with van der Waals surface area (Å²) < 4.78 is 31.5. The zero-order valence-corrected chi connectivity index (χ0v) is 17.8. The molecule has 8 heteroatoms. The van der Waals surface area contributed by atoms with Crippen LogP contribution in [0.25, 0.3) is 0 Å². The van der Waals surface area contributed by atoms with Crippen molar-refractivity contribution in [2.24, 2.45) is 0 Å². The molecule has 6 nitrogen and oxygen atoms in total. The third-order valence-corrected chi connectivity index (χ3v) is 5.56. The second kappa shape index (κ2) is 9.80. The van der Waals surface area contributed by atoms with Gasteiger partial charge < -0.3 is 10.1 Å². The van der Waals surface area contributed by atoms with E-state index in [2.05, 4.69) is 5.32 Å². The van der Waals surface area contributed by atoms with Gasteiger partial charge in [-0.1, -0.05) is 42.8 Å². The number of nitrogens with zero attached hydrogens (tertiary/aromatic N) is 1. The molecule has 0 heterocycles. The van der Waals surface area contributed by atoms with E-state index in [1.54, 1.807) is 25.1 Å². The van der Waals surface area contributed by atoms with Crippen LogP contribution in [0.3, 0.4) is 0 Å². The first-order valence-electron chi connectivity index (χ1n) is 8.95. The van der Waals surface area contributed by atoms with Gasteiger partial charge in [-0.05, 0) is 43.2 Å². The number of carbonyl (C=O) groups excluding carboxylic acids is 1. The van der Waals surface area contributed by atoms with E-state index < -0.39 is 16.1 Å². The molecule has 0 radical (unpaired) electrons. The maximum Gasteiger partial charge on any atom is 0.244 e. The molecule has 0 unspecified atom stereocenters. The Morgan fingerprint density at radius 1 is 1.21 bits per heavy atom. The number of carbonyl (C=O) groups is 1. The Bertz CT molecular complexity index is 918. The second-order valence-corrected chi connectivity index (χ2v) is 8.66. The molecule has 0 saturated heterocycles. The third-order valence-electron chi connectivity index (χ3n) is 4.14. The summed E-state index contributed by atoms with van der Waals surface area (Å²) in [6.45, 7) is 4.24. The van der Waals surface area contributed by atoms with Crippen molar-refractivity contribution in [2.75, 3.05) is 23.7 Å². The van der Waals surface area contributed by atoms with Crippen LogP contribution in [0.4, 0.5) is 5.69 Å². The fraction of sp³-hybridized carbons (Fsp3) is 0.350. The van der Waals surface area contributed by atoms with E-state index in [1.165, 1.54) is 6.07 Å². The molecule has 0 saturated carbocycles. The van der Waals surface area contributed by atoms with Crippen molar-refractivity contribution < 1.29 is 17.9 Å². The van der Waals surface area contributed by atoms with Crippen LogP contribution < -0.4 is 14.4 Å². The van der Waals surface area contributed by atoms with Gasteiger partial charge in [-0.2, -0.15) is 0 Å². The molecule has 2 aromatic carbocycles. The molecule has 0 bridgehead atoms. The standard InChI is InChI=1S/C20H25ClN2O4S/c1-4-18(23(28(3,25)26)17-10-7-9-16(21)14-17)20(24)22-12-13-27-19-11-6-5-8-15(19)2/h5-11,14,18H,4,12-13H2,1-3H3,(H,22,24)/t18-/m1/s1. The lowest BCUT2D eigenvalue weighted by Crippen LogP contribution is -2.50. The molecule has 0 aliphatic carbocycles. The number of rotatable bonds is 9. The van der Waals surface area contributed by atoms with Crippen molar-refractivity contribution in [2.45, 2.75) is 26.3 Å². The van der Waals surface area contributed by atoms with Crippen molar-refractivity contribution in [1.82, 2.24) is 5.32 Å². The van der Waals surface area contributed by atoms with Crippen molar-refractivity contribution in [3.05, 3.63) is 59.1 Å². The van der Waals surface area contributed by atoms with Crippen molar-refractivity contribution >= 4 is 33.2 Å². The Morgan fingerprint density at radius 3 is 2.54 bits per heavy atom. The molecule has 2 aromatic rings. The number of anilines is 1.